The van der Waals surface area contributed by atoms with Crippen molar-refractivity contribution in [3.63, 3.8) is 0 Å². The van der Waals surface area contributed by atoms with Crippen molar-refractivity contribution in [2.24, 2.45) is 5.41 Å². The van der Waals surface area contributed by atoms with Crippen molar-refractivity contribution in [1.29, 1.82) is 0 Å². The molecule has 5 N–H and O–H groups in total. The van der Waals surface area contributed by atoms with Gasteiger partial charge in [-0.05, 0) is 92.5 Å². The number of thioether (sulfide) groups is 1. The van der Waals surface area contributed by atoms with Gasteiger partial charge in [0.15, 0.2) is 5.75 Å². The molecule has 1 spiro atoms. The van der Waals surface area contributed by atoms with E-state index < -0.39 is 55.0 Å². The third kappa shape index (κ3) is 9.15. The highest BCUT2D eigenvalue weighted by atomic mass is 32.2. The number of phenolic OH excluding ortho intramolecular Hbond substituents is 1. The van der Waals surface area contributed by atoms with Gasteiger partial charge in [-0.2, -0.15) is 0 Å². The van der Waals surface area contributed by atoms with Crippen LogP contribution >= 0.6 is 11.8 Å². The maximum Gasteiger partial charge on any atom is 0.404 e. The number of hydrogen-bond acceptors (Lipinski definition) is 10. The first kappa shape index (κ1) is 35.8. The highest BCUT2D eigenvalue weighted by molar-refractivity contribution is 7.99. The summed E-state index contributed by atoms with van der Waals surface area (Å²) in [5, 5.41) is 36.8. The van der Waals surface area contributed by atoms with Gasteiger partial charge in [-0.3, -0.25) is 14.9 Å². The van der Waals surface area contributed by atoms with Crippen LogP contribution in [0.4, 0.5) is 21.9 Å². The predicted molar refractivity (Wildman–Crippen MR) is 188 cm³/mol. The number of nitrogens with one attached hydrogen (secondary N) is 3. The summed E-state index contributed by atoms with van der Waals surface area (Å²) in [6, 6.07) is 17.5. The molecule has 3 aromatic carbocycles. The molecule has 0 radical (unpaired) electrons. The zero-order valence-corrected chi connectivity index (χ0v) is 28.6. The van der Waals surface area contributed by atoms with Gasteiger partial charge < -0.3 is 25.7 Å². The lowest BCUT2D eigenvalue weighted by Crippen LogP contribution is -2.32. The maximum absolute atomic E-state index is 13.7. The van der Waals surface area contributed by atoms with Crippen molar-refractivity contribution >= 4 is 50.8 Å². The quantitative estimate of drug-likeness (QED) is 0.0522. The number of carbonyl (C=O) groups is 2. The number of unbranched alkanes of at least 4 members (excludes halogenated alkanes) is 1. The number of phenols is 1. The normalized spacial score (nSPS) is 16.0. The highest BCUT2D eigenvalue weighted by Crippen LogP contribution is 2.46. The second kappa shape index (κ2) is 15.8. The summed E-state index contributed by atoms with van der Waals surface area (Å²) < 4.78 is 29.5. The van der Waals surface area contributed by atoms with E-state index in [1.54, 1.807) is 24.3 Å². The number of anilines is 2. The summed E-state index contributed by atoms with van der Waals surface area (Å²) in [6.45, 7) is 2.09. The van der Waals surface area contributed by atoms with Crippen LogP contribution in [0.1, 0.15) is 61.7 Å². The summed E-state index contributed by atoms with van der Waals surface area (Å²) in [6.07, 6.45) is 6.32. The smallest absolute Gasteiger partial charge is 0.404 e. The number of benzene rings is 3. The van der Waals surface area contributed by atoms with Gasteiger partial charge in [-0.25, -0.2) is 17.9 Å². The summed E-state index contributed by atoms with van der Waals surface area (Å²) in [5.74, 6) is -1.28. The molecule has 2 amide bonds. The monoisotopic (exact) mass is 711 g/mol. The fourth-order valence-electron chi connectivity index (χ4n) is 6.68. The van der Waals surface area contributed by atoms with Crippen LogP contribution in [-0.2, 0) is 10.0 Å². The van der Waals surface area contributed by atoms with Crippen LogP contribution in [0, 0.1) is 15.5 Å². The molecule has 262 valence electrons. The molecule has 1 saturated heterocycles. The Labute approximate surface area is 289 Å². The third-order valence-corrected chi connectivity index (χ3v) is 11.8. The average molecular weight is 712 g/mol. The Balaban J connectivity index is 1.35. The lowest BCUT2D eigenvalue weighted by atomic mass is 9.86. The van der Waals surface area contributed by atoms with Crippen LogP contribution in [0.25, 0.3) is 0 Å². The molecule has 2 fully saturated rings. The Morgan fingerprint density at radius 3 is 2.39 bits per heavy atom. The van der Waals surface area contributed by atoms with Gasteiger partial charge >= 0.3 is 11.8 Å². The minimum atomic E-state index is -4.67. The van der Waals surface area contributed by atoms with E-state index in [0.29, 0.717) is 30.4 Å². The molecule has 0 bridgehead atoms. The molecule has 2 aliphatic rings. The third-order valence-electron chi connectivity index (χ3n) is 9.21. The first-order valence-electron chi connectivity index (χ1n) is 16.3. The van der Waals surface area contributed by atoms with E-state index >= 15 is 0 Å². The Bertz CT molecular complexity index is 1750. The van der Waals surface area contributed by atoms with Gasteiger partial charge in [0.05, 0.1) is 4.92 Å². The number of rotatable bonds is 15. The molecule has 1 atom stereocenters. The molecule has 1 aliphatic carbocycles. The number of amides is 2. The zero-order valence-electron chi connectivity index (χ0n) is 27.0. The number of nitro groups is 1. The lowest BCUT2D eigenvalue weighted by Gasteiger charge is -2.24. The van der Waals surface area contributed by atoms with E-state index in [1.807, 2.05) is 30.3 Å². The number of carbonyl (C=O) groups excluding carboxylic acids is 1. The van der Waals surface area contributed by atoms with Gasteiger partial charge in [0.2, 0.25) is 0 Å². The van der Waals surface area contributed by atoms with E-state index in [2.05, 4.69) is 20.3 Å². The molecule has 1 saturated carbocycles. The number of sulfonamides is 1. The second-order valence-corrected chi connectivity index (χ2v) is 15.4. The van der Waals surface area contributed by atoms with Gasteiger partial charge in [-0.1, -0.05) is 31.0 Å². The van der Waals surface area contributed by atoms with Crippen molar-refractivity contribution in [1.82, 2.24) is 10.0 Å². The largest absolute Gasteiger partial charge is 0.502 e. The fraction of sp³-hybridized carbons (Fsp3) is 0.412. The van der Waals surface area contributed by atoms with Crippen molar-refractivity contribution in [3.8, 4) is 5.75 Å². The van der Waals surface area contributed by atoms with Gasteiger partial charge in [-0.15, -0.1) is 11.8 Å². The van der Waals surface area contributed by atoms with Crippen LogP contribution in [0.2, 0.25) is 0 Å². The predicted octanol–water partition coefficient (Wildman–Crippen LogP) is 6.20. The van der Waals surface area contributed by atoms with Gasteiger partial charge in [0.25, 0.3) is 15.9 Å². The van der Waals surface area contributed by atoms with Crippen LogP contribution in [0.3, 0.4) is 0 Å². The molecule has 1 aliphatic heterocycles. The highest BCUT2D eigenvalue weighted by Gasteiger charge is 2.40. The molecule has 0 unspecified atom stereocenters. The Morgan fingerprint density at radius 1 is 1.00 bits per heavy atom. The summed E-state index contributed by atoms with van der Waals surface area (Å²) >= 11 is 1.44. The molecule has 0 aromatic heterocycles. The number of hydrogen-bond donors (Lipinski definition) is 5. The van der Waals surface area contributed by atoms with E-state index in [4.69, 9.17) is 5.11 Å². The van der Waals surface area contributed by atoms with Gasteiger partial charge in [0.1, 0.15) is 10.6 Å². The first-order valence-corrected chi connectivity index (χ1v) is 18.8. The number of carboxylic acid groups (broad SMARTS) is 1. The van der Waals surface area contributed by atoms with Crippen molar-refractivity contribution in [2.45, 2.75) is 67.2 Å². The molecule has 13 nitrogen and oxygen atoms in total. The fourth-order valence-corrected chi connectivity index (χ4v) is 8.82. The van der Waals surface area contributed by atoms with Crippen LogP contribution in [0.15, 0.2) is 76.5 Å². The summed E-state index contributed by atoms with van der Waals surface area (Å²) in [5.41, 5.74) is 0.142. The van der Waals surface area contributed by atoms with E-state index in [1.165, 1.54) is 37.4 Å². The molecule has 3 aromatic rings. The summed E-state index contributed by atoms with van der Waals surface area (Å²) in [4.78, 5) is 38.0. The van der Waals surface area contributed by atoms with Crippen LogP contribution in [0.5, 0.6) is 5.75 Å². The van der Waals surface area contributed by atoms with Crippen molar-refractivity contribution in [2.75, 3.05) is 35.6 Å². The molecular weight excluding hydrogens is 671 g/mol. The van der Waals surface area contributed by atoms with Crippen molar-refractivity contribution < 1.29 is 33.1 Å². The van der Waals surface area contributed by atoms with Crippen LogP contribution in [-0.4, -0.2) is 67.0 Å². The second-order valence-electron chi connectivity index (χ2n) is 12.6. The Kier molecular flexibility index (Phi) is 11.5. The number of aromatic hydroxyl groups is 1. The minimum absolute atomic E-state index is 0.108. The SMILES string of the molecule is O=C(O)NCCCC[C@H](CSc1ccccc1)Nc1c(S(=O)(=O)NC(=O)c2ccc(N3CCC4(CCCC4)C3)cc2)ccc(O)c1[N+](=O)[O-]. The molecule has 5 rings (SSSR count). The number of nitro benzene ring substituents is 1. The average Bonchev–Trinajstić information content (AvgIpc) is 3.72. The molecule has 49 heavy (non-hydrogen) atoms. The minimum Gasteiger partial charge on any atom is -0.502 e. The first-order chi connectivity index (χ1) is 23.5. The number of nitrogens with zero attached hydrogens (tertiary/aromatic N) is 2. The summed E-state index contributed by atoms with van der Waals surface area (Å²) in [7, 11) is -4.67. The van der Waals surface area contributed by atoms with Gasteiger partial charge in [0, 0.05) is 47.6 Å². The molecular formula is C34H41N5O8S2. The van der Waals surface area contributed by atoms with E-state index in [9.17, 15) is 33.2 Å². The van der Waals surface area contributed by atoms with Crippen LogP contribution < -0.4 is 20.3 Å². The lowest BCUT2D eigenvalue weighted by molar-refractivity contribution is -0.385. The standard InChI is InChI=1S/C34H41N5O8S2/c40-28-15-16-29(49(46,47)37-32(41)24-11-13-26(14-12-24)38-21-19-34(23-38)17-5-6-18-34)30(31(28)39(44)45)36-25(8-4-7-20-35-33(42)43)22-48-27-9-2-1-3-10-27/h1-3,9-16,25,35-36,40H,4-8,17-23H2,(H,37,41)(H,42,43)/t25-/m1/s1. The molecule has 15 heteroatoms. The topological polar surface area (TPSA) is 191 Å². The zero-order chi connectivity index (χ0) is 35.0. The Morgan fingerprint density at radius 2 is 1.71 bits per heavy atom. The Hall–Kier alpha value is -4.50. The maximum atomic E-state index is 13.7. The van der Waals surface area contributed by atoms with E-state index in [0.717, 1.165) is 42.2 Å². The molecule has 1 heterocycles. The van der Waals surface area contributed by atoms with E-state index in [-0.39, 0.29) is 12.1 Å². The van der Waals surface area contributed by atoms with Crippen molar-refractivity contribution in [3.05, 3.63) is 82.4 Å².